The number of aromatic nitrogens is 2. The van der Waals surface area contributed by atoms with E-state index in [1.807, 2.05) is 49.4 Å². The van der Waals surface area contributed by atoms with Crippen LogP contribution in [0.5, 0.6) is 0 Å². The van der Waals surface area contributed by atoms with E-state index in [1.165, 1.54) is 0 Å². The number of anilines is 2. The Bertz CT molecular complexity index is 829. The predicted molar refractivity (Wildman–Crippen MR) is 89.9 cm³/mol. The van der Waals surface area contributed by atoms with Crippen LogP contribution < -0.4 is 11.1 Å². The van der Waals surface area contributed by atoms with Gasteiger partial charge in [0.1, 0.15) is 10.7 Å². The molecule has 3 aromatic rings. The third-order valence-corrected chi connectivity index (χ3v) is 3.35. The van der Waals surface area contributed by atoms with Crippen molar-refractivity contribution in [3.8, 4) is 0 Å². The number of hydrogen-bond acceptors (Lipinski definition) is 4. The van der Waals surface area contributed by atoms with Gasteiger partial charge >= 0.3 is 0 Å². The van der Waals surface area contributed by atoms with Crippen molar-refractivity contribution in [2.24, 2.45) is 5.73 Å². The molecule has 0 atom stereocenters. The first-order valence-electron chi connectivity index (χ1n) is 6.53. The number of fused-ring (bicyclic) bond motifs is 1. The zero-order valence-corrected chi connectivity index (χ0v) is 12.3. The molecule has 0 saturated carbocycles. The highest BCUT2D eigenvalue weighted by Crippen LogP contribution is 2.27. The number of thiocarbonyl (C=S) groups is 1. The number of rotatable bonds is 3. The number of nitrogens with one attached hydrogen (secondary N) is 1. The van der Waals surface area contributed by atoms with Crippen LogP contribution in [0.1, 0.15) is 11.4 Å². The molecule has 104 valence electrons. The van der Waals surface area contributed by atoms with Crippen molar-refractivity contribution in [3.05, 3.63) is 60.0 Å². The molecule has 0 amide bonds. The Hall–Kier alpha value is -2.53. The molecule has 0 spiro atoms. The summed E-state index contributed by atoms with van der Waals surface area (Å²) in [5.74, 6) is 0. The van der Waals surface area contributed by atoms with Crippen molar-refractivity contribution >= 4 is 39.5 Å². The first-order chi connectivity index (χ1) is 10.1. The van der Waals surface area contributed by atoms with E-state index in [0.29, 0.717) is 5.69 Å². The number of pyridine rings is 2. The molecule has 2 heterocycles. The van der Waals surface area contributed by atoms with Gasteiger partial charge in [-0.15, -0.1) is 0 Å². The van der Waals surface area contributed by atoms with Crippen molar-refractivity contribution in [1.82, 2.24) is 9.97 Å². The first-order valence-corrected chi connectivity index (χ1v) is 6.94. The Morgan fingerprint density at radius 1 is 1.14 bits per heavy atom. The van der Waals surface area contributed by atoms with Crippen LogP contribution in [0.25, 0.3) is 10.9 Å². The summed E-state index contributed by atoms with van der Waals surface area (Å²) < 4.78 is 0. The SMILES string of the molecule is Cc1cc(Nc2cccnc2C(N)=S)c2ccccc2n1. The summed E-state index contributed by atoms with van der Waals surface area (Å²) in [5, 5.41) is 4.41. The van der Waals surface area contributed by atoms with E-state index in [9.17, 15) is 0 Å². The minimum Gasteiger partial charge on any atom is -0.388 e. The maximum Gasteiger partial charge on any atom is 0.124 e. The van der Waals surface area contributed by atoms with E-state index < -0.39 is 0 Å². The molecular weight excluding hydrogens is 280 g/mol. The molecule has 3 N–H and O–H groups in total. The fourth-order valence-electron chi connectivity index (χ4n) is 2.26. The fourth-order valence-corrected chi connectivity index (χ4v) is 2.42. The molecule has 0 unspecified atom stereocenters. The van der Waals surface area contributed by atoms with Gasteiger partial charge < -0.3 is 11.1 Å². The summed E-state index contributed by atoms with van der Waals surface area (Å²) in [6.07, 6.45) is 1.68. The summed E-state index contributed by atoms with van der Waals surface area (Å²) in [5.41, 5.74) is 9.96. The fraction of sp³-hybridized carbons (Fsp3) is 0.0625. The van der Waals surface area contributed by atoms with Gasteiger partial charge in [0, 0.05) is 23.0 Å². The van der Waals surface area contributed by atoms with E-state index >= 15 is 0 Å². The maximum atomic E-state index is 5.73. The summed E-state index contributed by atoms with van der Waals surface area (Å²) in [6, 6.07) is 13.7. The lowest BCUT2D eigenvalue weighted by molar-refractivity contribution is 1.25. The predicted octanol–water partition coefficient (Wildman–Crippen LogP) is 3.32. The number of para-hydroxylation sites is 1. The second kappa shape index (κ2) is 5.46. The van der Waals surface area contributed by atoms with Crippen LogP contribution >= 0.6 is 12.2 Å². The van der Waals surface area contributed by atoms with Crippen LogP contribution in [0.3, 0.4) is 0 Å². The highest BCUT2D eigenvalue weighted by Gasteiger charge is 2.09. The minimum absolute atomic E-state index is 0.271. The molecule has 0 fully saturated rings. The van der Waals surface area contributed by atoms with Gasteiger partial charge in [-0.25, -0.2) is 0 Å². The van der Waals surface area contributed by atoms with Crippen LogP contribution in [0.2, 0.25) is 0 Å². The van der Waals surface area contributed by atoms with E-state index in [2.05, 4.69) is 15.3 Å². The minimum atomic E-state index is 0.271. The molecule has 3 rings (SSSR count). The Morgan fingerprint density at radius 2 is 1.95 bits per heavy atom. The molecule has 0 radical (unpaired) electrons. The monoisotopic (exact) mass is 294 g/mol. The van der Waals surface area contributed by atoms with Crippen molar-refractivity contribution in [2.75, 3.05) is 5.32 Å². The van der Waals surface area contributed by atoms with Crippen LogP contribution in [-0.2, 0) is 0 Å². The van der Waals surface area contributed by atoms with Crippen LogP contribution in [-0.4, -0.2) is 15.0 Å². The summed E-state index contributed by atoms with van der Waals surface area (Å²) in [7, 11) is 0. The van der Waals surface area contributed by atoms with Crippen LogP contribution in [0.15, 0.2) is 48.7 Å². The average molecular weight is 294 g/mol. The zero-order chi connectivity index (χ0) is 14.8. The lowest BCUT2D eigenvalue weighted by Crippen LogP contribution is -2.14. The van der Waals surface area contributed by atoms with Gasteiger partial charge in [0.05, 0.1) is 11.2 Å². The largest absolute Gasteiger partial charge is 0.388 e. The maximum absolute atomic E-state index is 5.73. The first kappa shape index (κ1) is 13.5. The zero-order valence-electron chi connectivity index (χ0n) is 11.5. The average Bonchev–Trinajstić information content (AvgIpc) is 2.47. The van der Waals surface area contributed by atoms with E-state index in [0.717, 1.165) is 28.0 Å². The molecule has 2 aromatic heterocycles. The normalized spacial score (nSPS) is 10.5. The quantitative estimate of drug-likeness (QED) is 0.726. The van der Waals surface area contributed by atoms with Gasteiger partial charge in [-0.05, 0) is 31.2 Å². The van der Waals surface area contributed by atoms with E-state index in [-0.39, 0.29) is 4.99 Å². The molecule has 5 heteroatoms. The third-order valence-electron chi connectivity index (χ3n) is 3.15. The lowest BCUT2D eigenvalue weighted by atomic mass is 10.1. The Morgan fingerprint density at radius 3 is 2.76 bits per heavy atom. The van der Waals surface area contributed by atoms with Gasteiger partial charge in [-0.2, -0.15) is 0 Å². The Labute approximate surface area is 128 Å². The molecule has 21 heavy (non-hydrogen) atoms. The lowest BCUT2D eigenvalue weighted by Gasteiger charge is -2.13. The second-order valence-electron chi connectivity index (χ2n) is 4.72. The van der Waals surface area contributed by atoms with Crippen molar-refractivity contribution in [1.29, 1.82) is 0 Å². The molecule has 0 bridgehead atoms. The molecule has 4 nitrogen and oxygen atoms in total. The number of nitrogens with zero attached hydrogens (tertiary/aromatic N) is 2. The van der Waals surface area contributed by atoms with Crippen molar-refractivity contribution in [3.63, 3.8) is 0 Å². The molecule has 1 aromatic carbocycles. The smallest absolute Gasteiger partial charge is 0.124 e. The third kappa shape index (κ3) is 2.68. The van der Waals surface area contributed by atoms with E-state index in [1.54, 1.807) is 6.20 Å². The molecule has 0 aliphatic heterocycles. The molecule has 0 saturated heterocycles. The van der Waals surface area contributed by atoms with Gasteiger partial charge in [-0.3, -0.25) is 9.97 Å². The Balaban J connectivity index is 2.13. The van der Waals surface area contributed by atoms with Crippen LogP contribution in [0.4, 0.5) is 11.4 Å². The highest BCUT2D eigenvalue weighted by atomic mass is 32.1. The topological polar surface area (TPSA) is 63.8 Å². The van der Waals surface area contributed by atoms with Gasteiger partial charge in [-0.1, -0.05) is 30.4 Å². The van der Waals surface area contributed by atoms with Gasteiger partial charge in [0.25, 0.3) is 0 Å². The van der Waals surface area contributed by atoms with Gasteiger partial charge in [0.2, 0.25) is 0 Å². The number of hydrogen-bond donors (Lipinski definition) is 2. The second-order valence-corrected chi connectivity index (χ2v) is 5.16. The molecule has 0 aliphatic carbocycles. The summed E-state index contributed by atoms with van der Waals surface area (Å²) >= 11 is 5.05. The Kier molecular flexibility index (Phi) is 3.50. The highest BCUT2D eigenvalue weighted by molar-refractivity contribution is 7.80. The number of benzene rings is 1. The molecular formula is C16H14N4S. The van der Waals surface area contributed by atoms with Gasteiger partial charge in [0.15, 0.2) is 0 Å². The summed E-state index contributed by atoms with van der Waals surface area (Å²) in [4.78, 5) is 9.03. The number of nitrogens with two attached hydrogens (primary N) is 1. The van der Waals surface area contributed by atoms with Crippen molar-refractivity contribution in [2.45, 2.75) is 6.92 Å². The van der Waals surface area contributed by atoms with E-state index in [4.69, 9.17) is 18.0 Å². The number of aryl methyl sites for hydroxylation is 1. The van der Waals surface area contributed by atoms with Crippen molar-refractivity contribution < 1.29 is 0 Å². The standard InChI is InChI=1S/C16H14N4S/c1-10-9-14(11-5-2-3-6-12(11)19-10)20-13-7-4-8-18-15(13)16(17)21/h2-9H,1H3,(H2,17,21)(H,19,20). The molecule has 0 aliphatic rings. The summed E-state index contributed by atoms with van der Waals surface area (Å²) in [6.45, 7) is 1.97. The van der Waals surface area contributed by atoms with Crippen LogP contribution in [0, 0.1) is 6.92 Å².